The number of nitrogen functional groups attached to an aromatic ring is 1. The summed E-state index contributed by atoms with van der Waals surface area (Å²) < 4.78 is 0. The van der Waals surface area contributed by atoms with Crippen molar-refractivity contribution in [3.05, 3.63) is 52.7 Å². The number of hydrogen-bond acceptors (Lipinski definition) is 4. The van der Waals surface area contributed by atoms with E-state index in [4.69, 9.17) is 22.4 Å². The van der Waals surface area contributed by atoms with Crippen molar-refractivity contribution in [3.63, 3.8) is 0 Å². The molecule has 4 N–H and O–H groups in total. The first-order valence-electron chi connectivity index (χ1n) is 5.54. The molecule has 98 valence electrons. The second-order valence-electron chi connectivity index (χ2n) is 3.91. The molecule has 0 aliphatic carbocycles. The second-order valence-corrected chi connectivity index (χ2v) is 4.32. The molecule has 0 aliphatic heterocycles. The van der Waals surface area contributed by atoms with Crippen LogP contribution in [0.2, 0.25) is 5.02 Å². The van der Waals surface area contributed by atoms with Crippen LogP contribution >= 0.6 is 11.6 Å². The molecule has 0 unspecified atom stereocenters. The van der Waals surface area contributed by atoms with Gasteiger partial charge in [0.15, 0.2) is 0 Å². The summed E-state index contributed by atoms with van der Waals surface area (Å²) in [6.45, 7) is 0.386. The zero-order valence-corrected chi connectivity index (χ0v) is 10.7. The standard InChI is InChI=1S/C13H12ClN3O2/c14-11-4-2-1-3-8(11)6-16-12-10(13(18)19)5-9(15)7-17-12/h1-5,7H,6,15H2,(H,16,17)(H,18,19). The van der Waals surface area contributed by atoms with Crippen LogP contribution in [-0.2, 0) is 6.54 Å². The van der Waals surface area contributed by atoms with Gasteiger partial charge in [-0.1, -0.05) is 29.8 Å². The number of hydrogen-bond donors (Lipinski definition) is 3. The van der Waals surface area contributed by atoms with Crippen LogP contribution < -0.4 is 11.1 Å². The van der Waals surface area contributed by atoms with E-state index in [9.17, 15) is 4.79 Å². The number of carbonyl (C=O) groups is 1. The van der Waals surface area contributed by atoms with Crippen LogP contribution in [0.5, 0.6) is 0 Å². The van der Waals surface area contributed by atoms with Crippen molar-refractivity contribution in [1.29, 1.82) is 0 Å². The van der Waals surface area contributed by atoms with Crippen LogP contribution in [0, 0.1) is 0 Å². The number of anilines is 2. The first kappa shape index (κ1) is 13.2. The Bertz CT molecular complexity index is 617. The molecule has 6 heteroatoms. The molecule has 0 atom stereocenters. The second kappa shape index (κ2) is 5.58. The topological polar surface area (TPSA) is 88.2 Å². The van der Waals surface area contributed by atoms with E-state index in [0.717, 1.165) is 5.56 Å². The van der Waals surface area contributed by atoms with Crippen LogP contribution in [0.25, 0.3) is 0 Å². The summed E-state index contributed by atoms with van der Waals surface area (Å²) in [4.78, 5) is 15.1. The summed E-state index contributed by atoms with van der Waals surface area (Å²) in [5.74, 6) is -0.817. The number of carboxylic acid groups (broad SMARTS) is 1. The predicted molar refractivity (Wildman–Crippen MR) is 74.4 cm³/mol. The van der Waals surface area contributed by atoms with E-state index in [2.05, 4.69) is 10.3 Å². The first-order valence-corrected chi connectivity index (χ1v) is 5.92. The molecule has 1 aromatic heterocycles. The Morgan fingerprint density at radius 3 is 2.84 bits per heavy atom. The van der Waals surface area contributed by atoms with Crippen LogP contribution in [-0.4, -0.2) is 16.1 Å². The van der Waals surface area contributed by atoms with Gasteiger partial charge in [-0.25, -0.2) is 9.78 Å². The normalized spacial score (nSPS) is 10.2. The Balaban J connectivity index is 2.20. The van der Waals surface area contributed by atoms with Gasteiger partial charge in [-0.3, -0.25) is 0 Å². The van der Waals surface area contributed by atoms with Crippen LogP contribution in [0.15, 0.2) is 36.5 Å². The van der Waals surface area contributed by atoms with Gasteiger partial charge in [0.05, 0.1) is 11.9 Å². The van der Waals surface area contributed by atoms with Gasteiger partial charge in [0.25, 0.3) is 0 Å². The van der Waals surface area contributed by atoms with Gasteiger partial charge in [-0.05, 0) is 17.7 Å². The van der Waals surface area contributed by atoms with E-state index in [0.29, 0.717) is 17.3 Å². The lowest BCUT2D eigenvalue weighted by molar-refractivity contribution is 0.0697. The number of aromatic nitrogens is 1. The quantitative estimate of drug-likeness (QED) is 0.799. The lowest BCUT2D eigenvalue weighted by Gasteiger charge is -2.10. The van der Waals surface area contributed by atoms with E-state index in [1.807, 2.05) is 18.2 Å². The van der Waals surface area contributed by atoms with E-state index in [1.54, 1.807) is 6.07 Å². The molecule has 0 spiro atoms. The number of benzene rings is 1. The average molecular weight is 278 g/mol. The number of nitrogens with two attached hydrogens (primary N) is 1. The molecule has 1 heterocycles. The number of pyridine rings is 1. The molecule has 2 rings (SSSR count). The fourth-order valence-corrected chi connectivity index (χ4v) is 1.81. The molecular weight excluding hydrogens is 266 g/mol. The molecule has 0 saturated carbocycles. The van der Waals surface area contributed by atoms with Crippen LogP contribution in [0.1, 0.15) is 15.9 Å². The molecule has 0 fully saturated rings. The van der Waals surface area contributed by atoms with Crippen LogP contribution in [0.3, 0.4) is 0 Å². The van der Waals surface area contributed by atoms with Gasteiger partial charge in [0.2, 0.25) is 0 Å². The molecule has 0 amide bonds. The highest BCUT2D eigenvalue weighted by atomic mass is 35.5. The number of rotatable bonds is 4. The summed E-state index contributed by atoms with van der Waals surface area (Å²) in [5, 5.41) is 12.6. The van der Waals surface area contributed by atoms with E-state index < -0.39 is 5.97 Å². The average Bonchev–Trinajstić information content (AvgIpc) is 2.38. The van der Waals surface area contributed by atoms with Gasteiger partial charge in [-0.15, -0.1) is 0 Å². The third-order valence-corrected chi connectivity index (χ3v) is 2.91. The van der Waals surface area contributed by atoms with Crippen molar-refractivity contribution in [2.45, 2.75) is 6.54 Å². The monoisotopic (exact) mass is 277 g/mol. The molecule has 2 aromatic rings. The Kier molecular flexibility index (Phi) is 3.87. The minimum Gasteiger partial charge on any atom is -0.478 e. The molecule has 1 aromatic carbocycles. The van der Waals surface area contributed by atoms with Gasteiger partial charge < -0.3 is 16.2 Å². The predicted octanol–water partition coefficient (Wildman–Crippen LogP) is 2.63. The fraction of sp³-hybridized carbons (Fsp3) is 0.0769. The maximum atomic E-state index is 11.1. The van der Waals surface area contributed by atoms with Crippen LogP contribution in [0.4, 0.5) is 11.5 Å². The number of aromatic carboxylic acids is 1. The third-order valence-electron chi connectivity index (χ3n) is 2.54. The molecule has 5 nitrogen and oxygen atoms in total. The maximum absolute atomic E-state index is 11.1. The highest BCUT2D eigenvalue weighted by Crippen LogP contribution is 2.19. The van der Waals surface area contributed by atoms with E-state index >= 15 is 0 Å². The molecule has 0 aliphatic rings. The SMILES string of the molecule is Nc1cnc(NCc2ccccc2Cl)c(C(=O)O)c1. The van der Waals surface area contributed by atoms with Crippen molar-refractivity contribution >= 4 is 29.1 Å². The number of carboxylic acids is 1. The van der Waals surface area contributed by atoms with Gasteiger partial charge in [0.1, 0.15) is 11.4 Å². The Labute approximate surface area is 115 Å². The first-order chi connectivity index (χ1) is 9.08. The van der Waals surface area contributed by atoms with Crippen molar-refractivity contribution in [2.24, 2.45) is 0 Å². The largest absolute Gasteiger partial charge is 0.478 e. The summed E-state index contributed by atoms with van der Waals surface area (Å²) in [7, 11) is 0. The molecule has 0 bridgehead atoms. The highest BCUT2D eigenvalue weighted by molar-refractivity contribution is 6.31. The lowest BCUT2D eigenvalue weighted by Crippen LogP contribution is -2.09. The minimum absolute atomic E-state index is 0.0343. The minimum atomic E-state index is -1.08. The van der Waals surface area contributed by atoms with E-state index in [1.165, 1.54) is 12.3 Å². The molecule has 0 saturated heterocycles. The summed E-state index contributed by atoms with van der Waals surface area (Å²) in [6.07, 6.45) is 1.40. The Hall–Kier alpha value is -2.27. The van der Waals surface area contributed by atoms with Crippen molar-refractivity contribution in [3.8, 4) is 0 Å². The lowest BCUT2D eigenvalue weighted by atomic mass is 10.2. The number of nitrogens with one attached hydrogen (secondary N) is 1. The molecule has 0 radical (unpaired) electrons. The summed E-state index contributed by atoms with van der Waals surface area (Å²) in [6, 6.07) is 8.68. The van der Waals surface area contributed by atoms with E-state index in [-0.39, 0.29) is 11.4 Å². The fourth-order valence-electron chi connectivity index (χ4n) is 1.61. The van der Waals surface area contributed by atoms with Gasteiger partial charge in [0, 0.05) is 11.6 Å². The summed E-state index contributed by atoms with van der Waals surface area (Å²) >= 11 is 6.02. The number of nitrogens with zero attached hydrogens (tertiary/aromatic N) is 1. The van der Waals surface area contributed by atoms with Gasteiger partial charge >= 0.3 is 5.97 Å². The Morgan fingerprint density at radius 2 is 2.16 bits per heavy atom. The maximum Gasteiger partial charge on any atom is 0.339 e. The summed E-state index contributed by atoms with van der Waals surface area (Å²) in [5.41, 5.74) is 6.72. The molecule has 19 heavy (non-hydrogen) atoms. The highest BCUT2D eigenvalue weighted by Gasteiger charge is 2.12. The molecular formula is C13H12ClN3O2. The van der Waals surface area contributed by atoms with Crippen molar-refractivity contribution < 1.29 is 9.90 Å². The van der Waals surface area contributed by atoms with Gasteiger partial charge in [-0.2, -0.15) is 0 Å². The van der Waals surface area contributed by atoms with Crippen molar-refractivity contribution in [2.75, 3.05) is 11.1 Å². The zero-order valence-electron chi connectivity index (χ0n) is 9.93. The zero-order chi connectivity index (χ0) is 13.8. The van der Waals surface area contributed by atoms with Crippen molar-refractivity contribution in [1.82, 2.24) is 4.98 Å². The number of halogens is 1. The smallest absolute Gasteiger partial charge is 0.339 e. The Morgan fingerprint density at radius 1 is 1.42 bits per heavy atom. The third kappa shape index (κ3) is 3.14.